The number of nitrogens with zero attached hydrogens (tertiary/aromatic N) is 1. The largest absolute Gasteiger partial charge is 0.756 e. The Bertz CT molecular complexity index is 1320. The number of hydrogen-bond acceptors (Lipinski definition) is 7. The maximum absolute atomic E-state index is 12.7. The summed E-state index contributed by atoms with van der Waals surface area (Å²) in [7, 11) is 1.29. The first-order valence-electron chi connectivity index (χ1n) is 25.0. The molecule has 0 aromatic carbocycles. The standard InChI is InChI=1S/C54H94NO7P/c1-6-8-10-12-14-16-18-20-22-24-25-26-27-28-29-30-31-32-33-35-37-39-41-43-45-47-54(56)62-53(52-61-63(57,58)60-50-48-55(3,4)5)51-59-49-46-44-42-40-38-36-34-23-21-19-17-15-13-11-9-7-2/h9,11,15,17-18,20-21,23-25,27-28,36,38,42,44,53H,6-8,10,12-14,16,19,22,26,29-35,37,39-41,43,45-52H2,1-5H3/b11-9-,17-15-,20-18-,23-21-,25-24-,28-27-,38-36-,44-42-. The number of phosphoric ester groups is 1. The molecule has 362 valence electrons. The first kappa shape index (κ1) is 60.4. The van der Waals surface area contributed by atoms with Crippen LogP contribution in [0, 0.1) is 0 Å². The summed E-state index contributed by atoms with van der Waals surface area (Å²) in [5.41, 5.74) is 0. The third-order valence-electron chi connectivity index (χ3n) is 10.1. The summed E-state index contributed by atoms with van der Waals surface area (Å²) in [6.45, 7) is 5.03. The van der Waals surface area contributed by atoms with Gasteiger partial charge in [0.1, 0.15) is 19.3 Å². The van der Waals surface area contributed by atoms with Crippen molar-refractivity contribution in [1.29, 1.82) is 0 Å². The monoisotopic (exact) mass is 900 g/mol. The zero-order valence-corrected chi connectivity index (χ0v) is 41.9. The van der Waals surface area contributed by atoms with Gasteiger partial charge in [-0.15, -0.1) is 0 Å². The zero-order chi connectivity index (χ0) is 46.2. The lowest BCUT2D eigenvalue weighted by atomic mass is 10.0. The SMILES string of the molecule is CC/C=C\C/C=C\C/C=C\C/C=C\C/C=C\CCOCC(COP(=O)([O-])OCC[N+](C)(C)C)OC(=O)CCCCCCCCCCCC/C=C\C/C=C\C/C=C\CCCCCCC. The fraction of sp³-hybridized carbons (Fsp3) is 0.685. The van der Waals surface area contributed by atoms with E-state index < -0.39 is 13.9 Å². The van der Waals surface area contributed by atoms with Crippen LogP contribution in [0.3, 0.4) is 0 Å². The highest BCUT2D eigenvalue weighted by Crippen LogP contribution is 2.38. The van der Waals surface area contributed by atoms with Gasteiger partial charge in [-0.2, -0.15) is 0 Å². The minimum atomic E-state index is -4.56. The topological polar surface area (TPSA) is 94.1 Å². The molecule has 2 unspecified atom stereocenters. The molecule has 0 aliphatic heterocycles. The van der Waals surface area contributed by atoms with Crippen molar-refractivity contribution in [2.45, 2.75) is 187 Å². The third kappa shape index (κ3) is 50.3. The van der Waals surface area contributed by atoms with E-state index in [0.29, 0.717) is 24.1 Å². The van der Waals surface area contributed by atoms with Crippen LogP contribution >= 0.6 is 7.82 Å². The minimum Gasteiger partial charge on any atom is -0.756 e. The lowest BCUT2D eigenvalue weighted by molar-refractivity contribution is -0.870. The van der Waals surface area contributed by atoms with Crippen LogP contribution < -0.4 is 4.89 Å². The van der Waals surface area contributed by atoms with E-state index in [9.17, 15) is 14.3 Å². The fourth-order valence-electron chi connectivity index (χ4n) is 6.32. The summed E-state index contributed by atoms with van der Waals surface area (Å²) in [6.07, 6.45) is 63.2. The molecule has 2 atom stereocenters. The number of rotatable bonds is 45. The number of phosphoric acid groups is 1. The maximum Gasteiger partial charge on any atom is 0.306 e. The van der Waals surface area contributed by atoms with Gasteiger partial charge in [0.15, 0.2) is 0 Å². The lowest BCUT2D eigenvalue weighted by Gasteiger charge is -2.28. The quantitative estimate of drug-likeness (QED) is 0.0197. The zero-order valence-electron chi connectivity index (χ0n) is 41.0. The van der Waals surface area contributed by atoms with E-state index in [-0.39, 0.29) is 32.2 Å². The molecule has 0 bridgehead atoms. The highest BCUT2D eigenvalue weighted by molar-refractivity contribution is 7.45. The van der Waals surface area contributed by atoms with Crippen molar-refractivity contribution in [1.82, 2.24) is 0 Å². The second-order valence-corrected chi connectivity index (χ2v) is 18.8. The predicted octanol–water partition coefficient (Wildman–Crippen LogP) is 14.8. The molecule has 9 heteroatoms. The van der Waals surface area contributed by atoms with Gasteiger partial charge < -0.3 is 27.9 Å². The van der Waals surface area contributed by atoms with Crippen molar-refractivity contribution in [3.05, 3.63) is 97.2 Å². The van der Waals surface area contributed by atoms with Crippen molar-refractivity contribution in [3.8, 4) is 0 Å². The summed E-state index contributed by atoms with van der Waals surface area (Å²) in [5, 5.41) is 0. The van der Waals surface area contributed by atoms with Gasteiger partial charge in [0.25, 0.3) is 7.82 Å². The molecule has 0 aliphatic rings. The Morgan fingerprint density at radius 3 is 1.38 bits per heavy atom. The van der Waals surface area contributed by atoms with Gasteiger partial charge in [0, 0.05) is 6.42 Å². The Labute approximate surface area is 387 Å². The number of unbranched alkanes of at least 4 members (excludes halogenated alkanes) is 15. The fourth-order valence-corrected chi connectivity index (χ4v) is 7.05. The smallest absolute Gasteiger partial charge is 0.306 e. The molecule has 0 amide bonds. The Kier molecular flexibility index (Phi) is 44.1. The van der Waals surface area contributed by atoms with Crippen LogP contribution in [0.15, 0.2) is 97.2 Å². The van der Waals surface area contributed by atoms with Crippen LogP contribution in [0.4, 0.5) is 0 Å². The summed E-state index contributed by atoms with van der Waals surface area (Å²) in [6, 6.07) is 0. The molecule has 0 radical (unpaired) electrons. The van der Waals surface area contributed by atoms with Gasteiger partial charge in [0.05, 0.1) is 41.0 Å². The molecular formula is C54H94NO7P. The van der Waals surface area contributed by atoms with E-state index in [0.717, 1.165) is 64.2 Å². The van der Waals surface area contributed by atoms with Gasteiger partial charge in [-0.05, 0) is 83.5 Å². The molecule has 0 spiro atoms. The average Bonchev–Trinajstić information content (AvgIpc) is 3.24. The molecule has 0 aromatic rings. The van der Waals surface area contributed by atoms with Gasteiger partial charge in [-0.1, -0.05) is 188 Å². The van der Waals surface area contributed by atoms with Crippen molar-refractivity contribution in [2.24, 2.45) is 0 Å². The molecule has 0 N–H and O–H groups in total. The van der Waals surface area contributed by atoms with Crippen LogP contribution in [-0.4, -0.2) is 70.7 Å². The number of hydrogen-bond donors (Lipinski definition) is 0. The van der Waals surface area contributed by atoms with Crippen LogP contribution in [0.2, 0.25) is 0 Å². The van der Waals surface area contributed by atoms with Crippen LogP contribution in [0.1, 0.15) is 181 Å². The van der Waals surface area contributed by atoms with Crippen molar-refractivity contribution in [3.63, 3.8) is 0 Å². The van der Waals surface area contributed by atoms with E-state index in [1.165, 1.54) is 89.9 Å². The summed E-state index contributed by atoms with van der Waals surface area (Å²) < 4.78 is 34.5. The molecule has 0 saturated carbocycles. The molecule has 63 heavy (non-hydrogen) atoms. The molecule has 0 heterocycles. The van der Waals surface area contributed by atoms with E-state index >= 15 is 0 Å². The number of allylic oxidation sites excluding steroid dienone is 15. The third-order valence-corrected chi connectivity index (χ3v) is 11.1. The lowest BCUT2D eigenvalue weighted by Crippen LogP contribution is -2.37. The van der Waals surface area contributed by atoms with Gasteiger partial charge >= 0.3 is 5.97 Å². The average molecular weight is 900 g/mol. The van der Waals surface area contributed by atoms with Crippen LogP contribution in [0.25, 0.3) is 0 Å². The first-order valence-corrected chi connectivity index (χ1v) is 26.4. The van der Waals surface area contributed by atoms with Gasteiger partial charge in [-0.25, -0.2) is 0 Å². The van der Waals surface area contributed by atoms with Gasteiger partial charge in [0.2, 0.25) is 0 Å². The van der Waals surface area contributed by atoms with E-state index in [1.807, 2.05) is 21.1 Å². The predicted molar refractivity (Wildman–Crippen MR) is 268 cm³/mol. The van der Waals surface area contributed by atoms with Crippen molar-refractivity contribution >= 4 is 13.8 Å². The Morgan fingerprint density at radius 2 is 0.921 bits per heavy atom. The summed E-state index contributed by atoms with van der Waals surface area (Å²) in [5.74, 6) is -0.366. The maximum atomic E-state index is 12.7. The Balaban J connectivity index is 4.24. The highest BCUT2D eigenvalue weighted by atomic mass is 31.2. The summed E-state index contributed by atoms with van der Waals surface area (Å²) in [4.78, 5) is 25.1. The molecule has 8 nitrogen and oxygen atoms in total. The van der Waals surface area contributed by atoms with E-state index in [2.05, 4.69) is 111 Å². The second kappa shape index (κ2) is 46.0. The van der Waals surface area contributed by atoms with Crippen LogP contribution in [0.5, 0.6) is 0 Å². The number of ether oxygens (including phenoxy) is 2. The van der Waals surface area contributed by atoms with E-state index in [4.69, 9.17) is 18.5 Å². The van der Waals surface area contributed by atoms with Crippen LogP contribution in [-0.2, 0) is 27.9 Å². The Hall–Kier alpha value is -2.58. The van der Waals surface area contributed by atoms with E-state index in [1.54, 1.807) is 0 Å². The minimum absolute atomic E-state index is 0.00681. The highest BCUT2D eigenvalue weighted by Gasteiger charge is 2.20. The first-order chi connectivity index (χ1) is 30.6. The number of likely N-dealkylation sites (N-methyl/N-ethyl adjacent to an activating group) is 1. The molecular weight excluding hydrogens is 806 g/mol. The molecule has 0 aliphatic carbocycles. The number of carbonyl (C=O) groups excluding carboxylic acids is 1. The number of esters is 1. The number of quaternary nitrogens is 1. The Morgan fingerprint density at radius 1 is 0.508 bits per heavy atom. The van der Waals surface area contributed by atoms with Crippen molar-refractivity contribution in [2.75, 3.05) is 54.1 Å². The molecule has 0 fully saturated rings. The molecule has 0 aromatic heterocycles. The summed E-state index contributed by atoms with van der Waals surface area (Å²) >= 11 is 0. The molecule has 0 rings (SSSR count). The second-order valence-electron chi connectivity index (χ2n) is 17.4. The molecule has 0 saturated heterocycles. The number of carbonyl (C=O) groups is 1. The normalized spacial score (nSPS) is 14.4. The van der Waals surface area contributed by atoms with Gasteiger partial charge in [-0.3, -0.25) is 9.36 Å². The van der Waals surface area contributed by atoms with Crippen molar-refractivity contribution < 1.29 is 37.3 Å².